The molecule has 2 aliphatic heterocycles. The van der Waals surface area contributed by atoms with Gasteiger partial charge in [0.2, 0.25) is 10.0 Å². The van der Waals surface area contributed by atoms with Crippen LogP contribution in [0, 0.1) is 5.92 Å². The van der Waals surface area contributed by atoms with Gasteiger partial charge in [-0.05, 0) is 37.3 Å². The zero-order valence-electron chi connectivity index (χ0n) is 16.2. The molecule has 2 N–H and O–H groups in total. The van der Waals surface area contributed by atoms with Crippen LogP contribution in [0.4, 0.5) is 10.5 Å². The van der Waals surface area contributed by atoms with Crippen molar-refractivity contribution in [2.24, 2.45) is 5.92 Å². The monoisotopic (exact) mass is 408 g/mol. The van der Waals surface area contributed by atoms with Gasteiger partial charge in [-0.15, -0.1) is 0 Å². The third-order valence-electron chi connectivity index (χ3n) is 6.23. The van der Waals surface area contributed by atoms with E-state index >= 15 is 0 Å². The minimum absolute atomic E-state index is 0.0139. The van der Waals surface area contributed by atoms with Gasteiger partial charge in [0.15, 0.2) is 0 Å². The first-order valence-corrected chi connectivity index (χ1v) is 11.9. The molecule has 4 rings (SSSR count). The maximum atomic E-state index is 12.9. The van der Waals surface area contributed by atoms with E-state index in [0.29, 0.717) is 19.6 Å². The maximum Gasteiger partial charge on any atom is 0.319 e. The Bertz CT molecular complexity index is 920. The first kappa shape index (κ1) is 19.4. The van der Waals surface area contributed by atoms with Crippen LogP contribution in [0.5, 0.6) is 0 Å². The molecule has 2 bridgehead atoms. The fourth-order valence-electron chi connectivity index (χ4n) is 4.86. The number of anilines is 1. The molecular weight excluding hydrogens is 380 g/mol. The maximum absolute atomic E-state index is 12.9. The molecule has 9 heteroatoms. The third kappa shape index (κ3) is 3.96. The van der Waals surface area contributed by atoms with Gasteiger partial charge in [-0.1, -0.05) is 19.3 Å². The van der Waals surface area contributed by atoms with E-state index in [-0.39, 0.29) is 35.2 Å². The molecule has 3 heterocycles. The van der Waals surface area contributed by atoms with Crippen LogP contribution in [0.1, 0.15) is 50.1 Å². The number of sulfonamides is 1. The molecule has 1 saturated heterocycles. The van der Waals surface area contributed by atoms with Crippen molar-refractivity contribution in [2.75, 3.05) is 24.7 Å². The summed E-state index contributed by atoms with van der Waals surface area (Å²) in [4.78, 5) is 25.2. The quantitative estimate of drug-likeness (QED) is 0.795. The number of amides is 2. The van der Waals surface area contributed by atoms with Crippen LogP contribution in [-0.4, -0.2) is 48.7 Å². The van der Waals surface area contributed by atoms with Crippen molar-refractivity contribution >= 4 is 21.7 Å². The highest BCUT2D eigenvalue weighted by Crippen LogP contribution is 2.36. The van der Waals surface area contributed by atoms with Crippen LogP contribution < -0.4 is 16.2 Å². The molecule has 0 unspecified atom stereocenters. The van der Waals surface area contributed by atoms with E-state index in [1.54, 1.807) is 10.6 Å². The fourth-order valence-corrected chi connectivity index (χ4v) is 5.79. The number of carbonyl (C=O) groups excluding carboxylic acids is 1. The molecule has 2 amide bonds. The second-order valence-corrected chi connectivity index (χ2v) is 10.4. The van der Waals surface area contributed by atoms with Crippen molar-refractivity contribution in [3.8, 4) is 0 Å². The molecule has 1 aromatic heterocycles. The molecule has 0 radical (unpaired) electrons. The Labute approximate surface area is 165 Å². The molecule has 8 nitrogen and oxygen atoms in total. The van der Waals surface area contributed by atoms with Gasteiger partial charge in [0.1, 0.15) is 5.69 Å². The van der Waals surface area contributed by atoms with Crippen LogP contribution in [-0.2, 0) is 16.6 Å². The third-order valence-corrected chi connectivity index (χ3v) is 7.46. The number of rotatable bonds is 3. The van der Waals surface area contributed by atoms with Gasteiger partial charge < -0.3 is 15.2 Å². The normalized spacial score (nSPS) is 25.8. The number of aromatic nitrogens is 1. The van der Waals surface area contributed by atoms with Crippen LogP contribution >= 0.6 is 0 Å². The average molecular weight is 409 g/mol. The summed E-state index contributed by atoms with van der Waals surface area (Å²) in [5.41, 5.74) is 0.920. The van der Waals surface area contributed by atoms with Crippen molar-refractivity contribution < 1.29 is 13.2 Å². The summed E-state index contributed by atoms with van der Waals surface area (Å²) in [6.07, 6.45) is 7.55. The lowest BCUT2D eigenvalue weighted by atomic mass is 9.84. The zero-order chi connectivity index (χ0) is 19.9. The Hall–Kier alpha value is -1.87. The summed E-state index contributed by atoms with van der Waals surface area (Å²) in [6, 6.07) is 3.35. The van der Waals surface area contributed by atoms with E-state index in [2.05, 4.69) is 10.6 Å². The van der Waals surface area contributed by atoms with Crippen LogP contribution in [0.25, 0.3) is 0 Å². The first-order chi connectivity index (χ1) is 13.3. The Morgan fingerprint density at radius 1 is 1.11 bits per heavy atom. The summed E-state index contributed by atoms with van der Waals surface area (Å²) < 4.78 is 27.1. The predicted octanol–water partition coefficient (Wildman–Crippen LogP) is 1.68. The van der Waals surface area contributed by atoms with Gasteiger partial charge in [-0.25, -0.2) is 17.5 Å². The second kappa shape index (κ2) is 7.51. The Morgan fingerprint density at radius 2 is 1.86 bits per heavy atom. The number of piperidine rings is 1. The number of hydrogen-bond donors (Lipinski definition) is 2. The lowest BCUT2D eigenvalue weighted by molar-refractivity contribution is 0.187. The molecule has 2 fully saturated rings. The van der Waals surface area contributed by atoms with E-state index in [1.165, 1.54) is 17.0 Å². The molecule has 1 aromatic rings. The van der Waals surface area contributed by atoms with E-state index < -0.39 is 10.0 Å². The molecule has 3 aliphatic rings. The van der Waals surface area contributed by atoms with Gasteiger partial charge in [-0.3, -0.25) is 4.79 Å². The molecule has 1 aliphatic carbocycles. The van der Waals surface area contributed by atoms with E-state index in [0.717, 1.165) is 37.8 Å². The van der Waals surface area contributed by atoms with Crippen molar-refractivity contribution in [3.05, 3.63) is 28.2 Å². The number of carbonyl (C=O) groups is 1. The summed E-state index contributed by atoms with van der Waals surface area (Å²) in [7, 11) is -3.24. The molecule has 2 atom stereocenters. The van der Waals surface area contributed by atoms with E-state index in [1.807, 2.05) is 6.07 Å². The highest BCUT2D eigenvalue weighted by molar-refractivity contribution is 7.88. The number of urea groups is 1. The second-order valence-electron chi connectivity index (χ2n) is 8.40. The highest BCUT2D eigenvalue weighted by atomic mass is 32.2. The first-order valence-electron chi connectivity index (χ1n) is 10.1. The Morgan fingerprint density at radius 3 is 2.57 bits per heavy atom. The lowest BCUT2D eigenvalue weighted by Crippen LogP contribution is -2.49. The standard InChI is InChI=1S/C19H28N4O4S/c1-28(26,27)22-10-13-9-14(12-22)17-8-7-16(18(24)23(17)11-13)21-19(25)20-15-5-3-2-4-6-15/h7-8,13-15H,2-6,9-12H2,1H3,(H2,20,21,25)/t13-,14+/m0/s1. The molecule has 0 spiro atoms. The van der Waals surface area contributed by atoms with E-state index in [4.69, 9.17) is 0 Å². The van der Waals surface area contributed by atoms with Gasteiger partial charge in [0.05, 0.1) is 6.26 Å². The van der Waals surface area contributed by atoms with E-state index in [9.17, 15) is 18.0 Å². The van der Waals surface area contributed by atoms with Crippen LogP contribution in [0.3, 0.4) is 0 Å². The highest BCUT2D eigenvalue weighted by Gasteiger charge is 2.38. The SMILES string of the molecule is CS(=O)(=O)N1C[C@@H]2C[C@H](C1)c1ccc(NC(=O)NC3CCCCC3)c(=O)n1C2. The predicted molar refractivity (Wildman–Crippen MR) is 107 cm³/mol. The number of hydrogen-bond acceptors (Lipinski definition) is 4. The number of fused-ring (bicyclic) bond motifs is 4. The summed E-state index contributed by atoms with van der Waals surface area (Å²) in [6.45, 7) is 1.33. The number of pyridine rings is 1. The minimum atomic E-state index is -3.24. The largest absolute Gasteiger partial charge is 0.335 e. The average Bonchev–Trinajstić information content (AvgIpc) is 2.64. The molecule has 1 saturated carbocycles. The van der Waals surface area contributed by atoms with Crippen molar-refractivity contribution in [1.82, 2.24) is 14.2 Å². The van der Waals surface area contributed by atoms with Crippen molar-refractivity contribution in [3.63, 3.8) is 0 Å². The van der Waals surface area contributed by atoms with Crippen LogP contribution in [0.15, 0.2) is 16.9 Å². The fraction of sp³-hybridized carbons (Fsp3) is 0.684. The Kier molecular flexibility index (Phi) is 5.22. The number of nitrogens with one attached hydrogen (secondary N) is 2. The van der Waals surface area contributed by atoms with Crippen molar-refractivity contribution in [1.29, 1.82) is 0 Å². The summed E-state index contributed by atoms with van der Waals surface area (Å²) in [5, 5.41) is 5.68. The summed E-state index contributed by atoms with van der Waals surface area (Å²) in [5.74, 6) is 0.130. The molecule has 0 aromatic carbocycles. The lowest BCUT2D eigenvalue weighted by Gasteiger charge is -2.41. The molecule has 154 valence electrons. The summed E-state index contributed by atoms with van der Waals surface area (Å²) >= 11 is 0. The van der Waals surface area contributed by atoms with Crippen molar-refractivity contribution in [2.45, 2.75) is 57.0 Å². The van der Waals surface area contributed by atoms with Gasteiger partial charge in [0, 0.05) is 37.3 Å². The Balaban J connectivity index is 1.51. The molecular formula is C19H28N4O4S. The van der Waals surface area contributed by atoms with Crippen LogP contribution in [0.2, 0.25) is 0 Å². The number of nitrogens with zero attached hydrogens (tertiary/aromatic N) is 2. The van der Waals surface area contributed by atoms with Gasteiger partial charge in [0.25, 0.3) is 5.56 Å². The topological polar surface area (TPSA) is 101 Å². The van der Waals surface area contributed by atoms with Gasteiger partial charge in [-0.2, -0.15) is 0 Å². The molecule has 28 heavy (non-hydrogen) atoms. The smallest absolute Gasteiger partial charge is 0.319 e. The zero-order valence-corrected chi connectivity index (χ0v) is 17.0. The van der Waals surface area contributed by atoms with Gasteiger partial charge >= 0.3 is 6.03 Å². The minimum Gasteiger partial charge on any atom is -0.335 e.